The number of benzene rings is 1. The van der Waals surface area contributed by atoms with Crippen molar-refractivity contribution in [2.45, 2.75) is 12.8 Å². The third-order valence-corrected chi connectivity index (χ3v) is 5.16. The van der Waals surface area contributed by atoms with Gasteiger partial charge in [-0.3, -0.25) is 9.59 Å². The van der Waals surface area contributed by atoms with Crippen molar-refractivity contribution in [3.8, 4) is 0 Å². The Balaban J connectivity index is 2.03. The minimum Gasteiger partial charge on any atom is -0.349 e. The van der Waals surface area contributed by atoms with Crippen LogP contribution < -0.4 is 0 Å². The van der Waals surface area contributed by atoms with Crippen LogP contribution in [0, 0.1) is 9.49 Å². The zero-order chi connectivity index (χ0) is 15.6. The van der Waals surface area contributed by atoms with Gasteiger partial charge in [0, 0.05) is 41.1 Å². The van der Waals surface area contributed by atoms with Gasteiger partial charge in [-0.2, -0.15) is 0 Å². The van der Waals surface area contributed by atoms with Crippen LogP contribution in [-0.2, 0) is 4.79 Å². The molecule has 0 unspecified atom stereocenters. The van der Waals surface area contributed by atoms with E-state index in [-0.39, 0.29) is 17.7 Å². The summed E-state index contributed by atoms with van der Waals surface area (Å²) in [4.78, 5) is 28.0. The van der Waals surface area contributed by atoms with Crippen LogP contribution in [0.2, 0.25) is 0 Å². The number of rotatable bonds is 2. The number of hydrogen-bond donors (Lipinski definition) is 0. The number of carbonyl (C=O) groups excluding carboxylic acids is 2. The Morgan fingerprint density at radius 3 is 2.48 bits per heavy atom. The predicted octanol–water partition coefficient (Wildman–Crippen LogP) is 2.99. The molecule has 6 heteroatoms. The summed E-state index contributed by atoms with van der Waals surface area (Å²) in [5.74, 6) is 0.265. The lowest BCUT2D eigenvalue weighted by Crippen LogP contribution is -2.42. The fourth-order valence-electron chi connectivity index (χ4n) is 2.53. The molecule has 1 heterocycles. The Labute approximate surface area is 147 Å². The average molecular weight is 465 g/mol. The van der Waals surface area contributed by atoms with E-state index in [2.05, 4.69) is 38.5 Å². The highest BCUT2D eigenvalue weighted by molar-refractivity contribution is 14.1. The minimum atomic E-state index is 0.0469. The minimum absolute atomic E-state index is 0.0469. The molecule has 0 aromatic heterocycles. The molecule has 21 heavy (non-hydrogen) atoms. The van der Waals surface area contributed by atoms with Crippen LogP contribution in [0.5, 0.6) is 0 Å². The summed E-state index contributed by atoms with van der Waals surface area (Å²) in [7, 11) is 3.56. The predicted molar refractivity (Wildman–Crippen MR) is 94.2 cm³/mol. The highest BCUT2D eigenvalue weighted by Crippen LogP contribution is 2.24. The quantitative estimate of drug-likeness (QED) is 0.631. The van der Waals surface area contributed by atoms with E-state index in [0.29, 0.717) is 13.1 Å². The van der Waals surface area contributed by atoms with Gasteiger partial charge >= 0.3 is 0 Å². The van der Waals surface area contributed by atoms with Gasteiger partial charge in [-0.1, -0.05) is 15.9 Å². The van der Waals surface area contributed by atoms with Gasteiger partial charge < -0.3 is 9.80 Å². The van der Waals surface area contributed by atoms with Gasteiger partial charge in [-0.25, -0.2) is 0 Å². The smallest absolute Gasteiger partial charge is 0.254 e. The first-order valence-electron chi connectivity index (χ1n) is 6.85. The van der Waals surface area contributed by atoms with E-state index in [4.69, 9.17) is 0 Å². The van der Waals surface area contributed by atoms with E-state index < -0.39 is 0 Å². The summed E-state index contributed by atoms with van der Waals surface area (Å²) in [5.41, 5.74) is 0.724. The number of nitrogens with zero attached hydrogens (tertiary/aromatic N) is 2. The molecule has 2 rings (SSSR count). The summed E-state index contributed by atoms with van der Waals surface area (Å²) in [6.45, 7) is 1.29. The fraction of sp³-hybridized carbons (Fsp3) is 0.467. The van der Waals surface area contributed by atoms with Crippen molar-refractivity contribution in [2.24, 2.45) is 5.92 Å². The normalized spacial score (nSPS) is 15.9. The van der Waals surface area contributed by atoms with Crippen molar-refractivity contribution in [3.63, 3.8) is 0 Å². The van der Waals surface area contributed by atoms with Gasteiger partial charge in [-0.05, 0) is 53.6 Å². The number of piperidine rings is 1. The standard InChI is InChI=1S/C15H18BrIN2O2/c1-18(2)14(20)10-5-7-19(8-6-10)15(21)12-9-11(16)3-4-13(12)17/h3-4,9-10H,5-8H2,1-2H3. The van der Waals surface area contributed by atoms with E-state index in [1.165, 1.54) is 0 Å². The third-order valence-electron chi connectivity index (χ3n) is 3.73. The Hall–Kier alpha value is -0.630. The molecule has 1 fully saturated rings. The Bertz CT molecular complexity index is 555. The first-order valence-corrected chi connectivity index (χ1v) is 8.73. The van der Waals surface area contributed by atoms with E-state index in [0.717, 1.165) is 26.4 Å². The fourth-order valence-corrected chi connectivity index (χ4v) is 3.45. The largest absolute Gasteiger partial charge is 0.349 e. The second-order valence-electron chi connectivity index (χ2n) is 5.42. The van der Waals surface area contributed by atoms with E-state index in [1.807, 2.05) is 23.1 Å². The number of halogens is 2. The molecule has 0 atom stereocenters. The number of amides is 2. The van der Waals surface area contributed by atoms with Crippen LogP contribution in [0.4, 0.5) is 0 Å². The summed E-state index contributed by atoms with van der Waals surface area (Å²) < 4.78 is 1.86. The Kier molecular flexibility index (Phi) is 5.65. The van der Waals surface area contributed by atoms with Crippen LogP contribution in [0.1, 0.15) is 23.2 Å². The first-order chi connectivity index (χ1) is 9.90. The van der Waals surface area contributed by atoms with E-state index in [9.17, 15) is 9.59 Å². The number of carbonyl (C=O) groups is 2. The monoisotopic (exact) mass is 464 g/mol. The molecule has 0 aliphatic carbocycles. The maximum absolute atomic E-state index is 12.6. The number of likely N-dealkylation sites (tertiary alicyclic amines) is 1. The van der Waals surface area contributed by atoms with Crippen molar-refractivity contribution in [3.05, 3.63) is 31.8 Å². The molecule has 1 aliphatic rings. The van der Waals surface area contributed by atoms with Crippen molar-refractivity contribution in [2.75, 3.05) is 27.2 Å². The molecule has 0 radical (unpaired) electrons. The lowest BCUT2D eigenvalue weighted by atomic mass is 9.95. The molecular formula is C15H18BrIN2O2. The van der Waals surface area contributed by atoms with Crippen molar-refractivity contribution < 1.29 is 9.59 Å². The number of hydrogen-bond acceptors (Lipinski definition) is 2. The second-order valence-corrected chi connectivity index (χ2v) is 7.50. The highest BCUT2D eigenvalue weighted by Gasteiger charge is 2.29. The summed E-state index contributed by atoms with van der Waals surface area (Å²) in [5, 5.41) is 0. The van der Waals surface area contributed by atoms with Gasteiger partial charge in [0.15, 0.2) is 0 Å². The van der Waals surface area contributed by atoms with Gasteiger partial charge in [0.2, 0.25) is 5.91 Å². The highest BCUT2D eigenvalue weighted by atomic mass is 127. The summed E-state index contributed by atoms with van der Waals surface area (Å²) in [6.07, 6.45) is 1.49. The molecule has 0 N–H and O–H groups in total. The van der Waals surface area contributed by atoms with Crippen LogP contribution in [0.25, 0.3) is 0 Å². The van der Waals surface area contributed by atoms with E-state index in [1.54, 1.807) is 19.0 Å². The SMILES string of the molecule is CN(C)C(=O)C1CCN(C(=O)c2cc(Br)ccc2I)CC1. The Morgan fingerprint density at radius 1 is 1.29 bits per heavy atom. The lowest BCUT2D eigenvalue weighted by Gasteiger charge is -2.32. The molecular weight excluding hydrogens is 447 g/mol. The molecule has 0 saturated carbocycles. The zero-order valence-electron chi connectivity index (χ0n) is 12.1. The molecule has 2 amide bonds. The van der Waals surface area contributed by atoms with Crippen LogP contribution in [0.3, 0.4) is 0 Å². The third kappa shape index (κ3) is 3.97. The van der Waals surface area contributed by atoms with Crippen LogP contribution in [-0.4, -0.2) is 48.8 Å². The first kappa shape index (κ1) is 16.7. The maximum Gasteiger partial charge on any atom is 0.254 e. The molecule has 4 nitrogen and oxygen atoms in total. The second kappa shape index (κ2) is 7.09. The van der Waals surface area contributed by atoms with Crippen molar-refractivity contribution in [1.29, 1.82) is 0 Å². The molecule has 1 saturated heterocycles. The van der Waals surface area contributed by atoms with Crippen LogP contribution >= 0.6 is 38.5 Å². The van der Waals surface area contributed by atoms with Gasteiger partial charge in [0.05, 0.1) is 5.56 Å². The average Bonchev–Trinajstić information content (AvgIpc) is 2.48. The topological polar surface area (TPSA) is 40.6 Å². The molecule has 0 bridgehead atoms. The van der Waals surface area contributed by atoms with Gasteiger partial charge in [0.1, 0.15) is 0 Å². The van der Waals surface area contributed by atoms with Crippen LogP contribution in [0.15, 0.2) is 22.7 Å². The van der Waals surface area contributed by atoms with Crippen molar-refractivity contribution >= 4 is 50.3 Å². The van der Waals surface area contributed by atoms with Crippen molar-refractivity contribution in [1.82, 2.24) is 9.80 Å². The molecule has 1 aromatic carbocycles. The Morgan fingerprint density at radius 2 is 1.90 bits per heavy atom. The molecule has 0 spiro atoms. The molecule has 1 aliphatic heterocycles. The molecule has 114 valence electrons. The zero-order valence-corrected chi connectivity index (χ0v) is 15.8. The van der Waals surface area contributed by atoms with Gasteiger partial charge in [0.25, 0.3) is 5.91 Å². The summed E-state index contributed by atoms with van der Waals surface area (Å²) >= 11 is 5.59. The maximum atomic E-state index is 12.6. The summed E-state index contributed by atoms with van der Waals surface area (Å²) in [6, 6.07) is 5.72. The van der Waals surface area contributed by atoms with E-state index >= 15 is 0 Å². The lowest BCUT2D eigenvalue weighted by molar-refractivity contribution is -0.134. The molecule has 1 aromatic rings. The van der Waals surface area contributed by atoms with Gasteiger partial charge in [-0.15, -0.1) is 0 Å².